The first kappa shape index (κ1) is 18.3. The van der Waals surface area contributed by atoms with Crippen molar-refractivity contribution in [3.8, 4) is 0 Å². The predicted molar refractivity (Wildman–Crippen MR) is 101 cm³/mol. The van der Waals surface area contributed by atoms with Gasteiger partial charge in [-0.3, -0.25) is 19.6 Å². The van der Waals surface area contributed by atoms with Gasteiger partial charge in [0.15, 0.2) is 5.78 Å². The van der Waals surface area contributed by atoms with Crippen molar-refractivity contribution in [2.24, 2.45) is 0 Å². The third-order valence-electron chi connectivity index (χ3n) is 4.22. The van der Waals surface area contributed by atoms with Crippen LogP contribution in [0.3, 0.4) is 0 Å². The van der Waals surface area contributed by atoms with Gasteiger partial charge in [-0.2, -0.15) is 5.10 Å². The van der Waals surface area contributed by atoms with E-state index in [0.29, 0.717) is 28.5 Å². The highest BCUT2D eigenvalue weighted by Crippen LogP contribution is 2.23. The average Bonchev–Trinajstić information content (AvgIpc) is 3.17. The Labute approximate surface area is 156 Å². The molecule has 0 aliphatic carbocycles. The fraction of sp³-hybridized carbons (Fsp3) is 0.200. The Kier molecular flexibility index (Phi) is 5.03. The Bertz CT molecular complexity index is 1040. The number of benzene rings is 1. The molecule has 0 aliphatic rings. The van der Waals surface area contributed by atoms with Crippen molar-refractivity contribution >= 4 is 17.5 Å². The van der Waals surface area contributed by atoms with Gasteiger partial charge in [-0.05, 0) is 51.1 Å². The molecule has 2 aromatic heterocycles. The molecule has 0 amide bonds. The molecule has 138 valence electrons. The molecule has 0 N–H and O–H groups in total. The fourth-order valence-electron chi connectivity index (χ4n) is 2.87. The summed E-state index contributed by atoms with van der Waals surface area (Å²) < 4.78 is 7.23. The zero-order valence-corrected chi connectivity index (χ0v) is 15.3. The van der Waals surface area contributed by atoms with E-state index in [-0.39, 0.29) is 18.0 Å². The lowest BCUT2D eigenvalue weighted by atomic mass is 10.1. The van der Waals surface area contributed by atoms with E-state index in [1.54, 1.807) is 38.1 Å². The molecule has 7 nitrogen and oxygen atoms in total. The smallest absolute Gasteiger partial charge is 0.312 e. The van der Waals surface area contributed by atoms with Gasteiger partial charge in [0.05, 0.1) is 11.5 Å². The summed E-state index contributed by atoms with van der Waals surface area (Å²) in [5.41, 5.74) is 2.50. The number of furan rings is 1. The lowest BCUT2D eigenvalue weighted by molar-refractivity contribution is -0.386. The largest absolute Gasteiger partial charge is 0.460 e. The van der Waals surface area contributed by atoms with Crippen LogP contribution < -0.4 is 0 Å². The highest BCUT2D eigenvalue weighted by molar-refractivity contribution is 6.06. The molecular formula is C20H19N3O4. The van der Waals surface area contributed by atoms with Crippen LogP contribution in [0.15, 0.2) is 46.9 Å². The number of rotatable bonds is 6. The van der Waals surface area contributed by atoms with Gasteiger partial charge in [-0.15, -0.1) is 0 Å². The quantitative estimate of drug-likeness (QED) is 0.282. The SMILES string of the molecule is Cc1cccc(C(=O)/C=C/c2ccc(Cn3nc(C)c([N+](=O)[O-])c3C)o2)c1. The van der Waals surface area contributed by atoms with Crippen LogP contribution in [0.1, 0.15) is 38.8 Å². The summed E-state index contributed by atoms with van der Waals surface area (Å²) >= 11 is 0. The summed E-state index contributed by atoms with van der Waals surface area (Å²) in [6, 6.07) is 10.9. The van der Waals surface area contributed by atoms with Gasteiger partial charge in [-0.1, -0.05) is 23.8 Å². The lowest BCUT2D eigenvalue weighted by Crippen LogP contribution is -2.03. The van der Waals surface area contributed by atoms with Crippen molar-refractivity contribution in [1.29, 1.82) is 0 Å². The van der Waals surface area contributed by atoms with E-state index in [4.69, 9.17) is 4.42 Å². The molecule has 27 heavy (non-hydrogen) atoms. The Morgan fingerprint density at radius 1 is 1.26 bits per heavy atom. The second-order valence-electron chi connectivity index (χ2n) is 6.31. The molecule has 3 rings (SSSR count). The van der Waals surface area contributed by atoms with Crippen LogP contribution in [-0.2, 0) is 6.54 Å². The standard InChI is InChI=1S/C20H19N3O4/c1-13-5-4-6-16(11-13)19(24)10-9-17-7-8-18(27-17)12-22-15(3)20(23(25)26)14(2)21-22/h4-11H,12H2,1-3H3/b10-9+. The number of aromatic nitrogens is 2. The summed E-state index contributed by atoms with van der Waals surface area (Å²) in [6.45, 7) is 5.47. The highest BCUT2D eigenvalue weighted by Gasteiger charge is 2.22. The number of hydrogen-bond donors (Lipinski definition) is 0. The third-order valence-corrected chi connectivity index (χ3v) is 4.22. The van der Waals surface area contributed by atoms with Crippen molar-refractivity contribution in [2.45, 2.75) is 27.3 Å². The van der Waals surface area contributed by atoms with Crippen molar-refractivity contribution in [3.05, 3.63) is 86.6 Å². The number of nitrogens with zero attached hydrogens (tertiary/aromatic N) is 3. The molecule has 0 saturated carbocycles. The van der Waals surface area contributed by atoms with Gasteiger partial charge in [-0.25, -0.2) is 0 Å². The molecule has 0 saturated heterocycles. The maximum absolute atomic E-state index is 12.2. The molecule has 0 unspecified atom stereocenters. The van der Waals surface area contributed by atoms with Gasteiger partial charge < -0.3 is 4.42 Å². The zero-order valence-electron chi connectivity index (χ0n) is 15.3. The maximum atomic E-state index is 12.2. The monoisotopic (exact) mass is 365 g/mol. The van der Waals surface area contributed by atoms with E-state index < -0.39 is 4.92 Å². The molecule has 7 heteroatoms. The van der Waals surface area contributed by atoms with Gasteiger partial charge >= 0.3 is 5.69 Å². The van der Waals surface area contributed by atoms with Crippen molar-refractivity contribution in [3.63, 3.8) is 0 Å². The van der Waals surface area contributed by atoms with Crippen LogP contribution in [0.25, 0.3) is 6.08 Å². The summed E-state index contributed by atoms with van der Waals surface area (Å²) in [5, 5.41) is 15.3. The number of ketones is 1. The van der Waals surface area contributed by atoms with Gasteiger partial charge in [0, 0.05) is 5.56 Å². The summed E-state index contributed by atoms with van der Waals surface area (Å²) in [7, 11) is 0. The van der Waals surface area contributed by atoms with Gasteiger partial charge in [0.2, 0.25) is 0 Å². The Balaban J connectivity index is 1.73. The fourth-order valence-corrected chi connectivity index (χ4v) is 2.87. The minimum atomic E-state index is -0.429. The Morgan fingerprint density at radius 3 is 2.70 bits per heavy atom. The highest BCUT2D eigenvalue weighted by atomic mass is 16.6. The van der Waals surface area contributed by atoms with Crippen LogP contribution in [0.4, 0.5) is 5.69 Å². The zero-order chi connectivity index (χ0) is 19.6. The summed E-state index contributed by atoms with van der Waals surface area (Å²) in [6.07, 6.45) is 3.07. The van der Waals surface area contributed by atoms with Crippen LogP contribution in [-0.4, -0.2) is 20.5 Å². The number of hydrogen-bond acceptors (Lipinski definition) is 5. The van der Waals surface area contributed by atoms with Crippen LogP contribution in [0.2, 0.25) is 0 Å². The topological polar surface area (TPSA) is 91.2 Å². The van der Waals surface area contributed by atoms with Crippen LogP contribution in [0.5, 0.6) is 0 Å². The van der Waals surface area contributed by atoms with E-state index in [1.165, 1.54) is 10.8 Å². The lowest BCUT2D eigenvalue weighted by Gasteiger charge is -2.00. The predicted octanol–water partition coefficient (Wildman–Crippen LogP) is 4.25. The number of carbonyl (C=O) groups excluding carboxylic acids is 1. The van der Waals surface area contributed by atoms with Crippen molar-refractivity contribution in [2.75, 3.05) is 0 Å². The normalized spacial score (nSPS) is 11.2. The second kappa shape index (κ2) is 7.41. The van der Waals surface area contributed by atoms with Crippen molar-refractivity contribution in [1.82, 2.24) is 9.78 Å². The molecular weight excluding hydrogens is 346 g/mol. The molecule has 0 bridgehead atoms. The maximum Gasteiger partial charge on any atom is 0.312 e. The third kappa shape index (κ3) is 4.03. The molecule has 0 radical (unpaired) electrons. The minimum Gasteiger partial charge on any atom is -0.460 e. The average molecular weight is 365 g/mol. The number of nitro groups is 1. The van der Waals surface area contributed by atoms with E-state index in [0.717, 1.165) is 5.56 Å². The molecule has 1 aromatic carbocycles. The summed E-state index contributed by atoms with van der Waals surface area (Å²) in [4.78, 5) is 22.9. The minimum absolute atomic E-state index is 0.0189. The first-order valence-electron chi connectivity index (χ1n) is 8.41. The first-order chi connectivity index (χ1) is 12.8. The number of allylic oxidation sites excluding steroid dienone is 1. The summed E-state index contributed by atoms with van der Waals surface area (Å²) in [5.74, 6) is 1.02. The first-order valence-corrected chi connectivity index (χ1v) is 8.41. The molecule has 0 atom stereocenters. The number of aryl methyl sites for hydroxylation is 2. The van der Waals surface area contributed by atoms with Crippen LogP contribution >= 0.6 is 0 Å². The van der Waals surface area contributed by atoms with Gasteiger partial charge in [0.1, 0.15) is 22.9 Å². The molecule has 2 heterocycles. The molecule has 0 spiro atoms. The molecule has 3 aromatic rings. The van der Waals surface area contributed by atoms with E-state index in [1.807, 2.05) is 25.1 Å². The Hall–Kier alpha value is -3.48. The van der Waals surface area contributed by atoms with E-state index >= 15 is 0 Å². The van der Waals surface area contributed by atoms with E-state index in [2.05, 4.69) is 5.10 Å². The molecule has 0 fully saturated rings. The second-order valence-corrected chi connectivity index (χ2v) is 6.31. The molecule has 0 aliphatic heterocycles. The van der Waals surface area contributed by atoms with Crippen LogP contribution in [0, 0.1) is 30.9 Å². The van der Waals surface area contributed by atoms with Crippen molar-refractivity contribution < 1.29 is 14.1 Å². The van der Waals surface area contributed by atoms with E-state index in [9.17, 15) is 14.9 Å². The Morgan fingerprint density at radius 2 is 2.04 bits per heavy atom. The van der Waals surface area contributed by atoms with Gasteiger partial charge in [0.25, 0.3) is 0 Å². The number of carbonyl (C=O) groups is 1.